The third-order valence-corrected chi connectivity index (χ3v) is 5.95. The molecule has 1 heteroatoms. The summed E-state index contributed by atoms with van der Waals surface area (Å²) in [4.78, 5) is 0. The van der Waals surface area contributed by atoms with E-state index in [0.29, 0.717) is 17.1 Å². The van der Waals surface area contributed by atoms with Crippen molar-refractivity contribution in [1.82, 2.24) is 0 Å². The zero-order valence-corrected chi connectivity index (χ0v) is 11.7. The van der Waals surface area contributed by atoms with Gasteiger partial charge in [-0.2, -0.15) is 0 Å². The van der Waals surface area contributed by atoms with Gasteiger partial charge in [-0.1, -0.05) is 31.1 Å². The molecule has 0 spiro atoms. The summed E-state index contributed by atoms with van der Waals surface area (Å²) in [5.74, 6) is 1.88. The zero-order chi connectivity index (χ0) is 13.0. The van der Waals surface area contributed by atoms with E-state index in [1.807, 2.05) is 12.1 Å². The second-order valence-electron chi connectivity index (χ2n) is 6.98. The minimum Gasteiger partial charge on any atom is -0.508 e. The molecule has 3 atom stereocenters. The average molecular weight is 254 g/mol. The molecule has 1 aromatic carbocycles. The predicted molar refractivity (Wildman–Crippen MR) is 77.3 cm³/mol. The quantitative estimate of drug-likeness (QED) is 0.673. The van der Waals surface area contributed by atoms with Crippen LogP contribution < -0.4 is 0 Å². The Bertz CT molecular complexity index is 557. The average Bonchev–Trinajstić information content (AvgIpc) is 2.79. The minimum atomic E-state index is 0.414. The molecular weight excluding hydrogens is 232 g/mol. The summed E-state index contributed by atoms with van der Waals surface area (Å²) in [5.41, 5.74) is 5.14. The summed E-state index contributed by atoms with van der Waals surface area (Å²) in [6.45, 7) is 2.51. The summed E-state index contributed by atoms with van der Waals surface area (Å²) in [6, 6.07) is 6.00. The smallest absolute Gasteiger partial charge is 0.115 e. The lowest BCUT2D eigenvalue weighted by molar-refractivity contribution is 0.188. The Hall–Kier alpha value is -1.24. The van der Waals surface area contributed by atoms with Crippen molar-refractivity contribution in [1.29, 1.82) is 0 Å². The van der Waals surface area contributed by atoms with E-state index in [1.165, 1.54) is 43.2 Å². The highest BCUT2D eigenvalue weighted by molar-refractivity contribution is 5.47. The monoisotopic (exact) mass is 254 g/mol. The summed E-state index contributed by atoms with van der Waals surface area (Å²) in [7, 11) is 0. The molecule has 0 radical (unpaired) electrons. The lowest BCUT2D eigenvalue weighted by Gasteiger charge is -2.44. The van der Waals surface area contributed by atoms with E-state index >= 15 is 0 Å². The van der Waals surface area contributed by atoms with Crippen LogP contribution in [0.25, 0.3) is 0 Å². The maximum atomic E-state index is 9.65. The Morgan fingerprint density at radius 2 is 2.11 bits per heavy atom. The first-order valence-electron chi connectivity index (χ1n) is 7.69. The van der Waals surface area contributed by atoms with Crippen LogP contribution in [0.5, 0.6) is 5.75 Å². The molecule has 100 valence electrons. The van der Waals surface area contributed by atoms with Crippen molar-refractivity contribution in [2.45, 2.75) is 51.4 Å². The van der Waals surface area contributed by atoms with Crippen LogP contribution in [0.15, 0.2) is 29.8 Å². The lowest BCUT2D eigenvalue weighted by Crippen LogP contribution is -2.33. The molecule has 0 heterocycles. The molecule has 0 amide bonds. The third kappa shape index (κ3) is 1.60. The first-order valence-corrected chi connectivity index (χ1v) is 7.69. The Labute approximate surface area is 115 Å². The highest BCUT2D eigenvalue weighted by Gasteiger charge is 2.46. The first-order chi connectivity index (χ1) is 9.17. The van der Waals surface area contributed by atoms with Crippen LogP contribution >= 0.6 is 0 Å². The lowest BCUT2D eigenvalue weighted by atomic mass is 9.60. The van der Waals surface area contributed by atoms with E-state index in [-0.39, 0.29) is 0 Å². The molecule has 3 unspecified atom stereocenters. The normalized spacial score (nSPS) is 36.2. The van der Waals surface area contributed by atoms with E-state index in [9.17, 15) is 5.11 Å². The van der Waals surface area contributed by atoms with Crippen molar-refractivity contribution in [3.05, 3.63) is 41.0 Å². The fraction of sp³-hybridized carbons (Fsp3) is 0.556. The number of phenolic OH excluding ortho intramolecular Hbond substituents is 1. The van der Waals surface area contributed by atoms with E-state index in [1.54, 1.807) is 5.57 Å². The van der Waals surface area contributed by atoms with Crippen molar-refractivity contribution >= 4 is 0 Å². The van der Waals surface area contributed by atoms with Crippen LogP contribution in [0, 0.1) is 11.3 Å². The highest BCUT2D eigenvalue weighted by Crippen LogP contribution is 2.59. The minimum absolute atomic E-state index is 0.414. The van der Waals surface area contributed by atoms with Crippen LogP contribution in [-0.4, -0.2) is 5.11 Å². The molecule has 3 aliphatic carbocycles. The number of allylic oxidation sites excluding steroid dienone is 2. The van der Waals surface area contributed by atoms with Gasteiger partial charge in [0.1, 0.15) is 5.75 Å². The Balaban J connectivity index is 1.77. The largest absolute Gasteiger partial charge is 0.508 e. The van der Waals surface area contributed by atoms with Gasteiger partial charge < -0.3 is 5.11 Å². The SMILES string of the molecule is CC12CCCC1C1=CCc3cc(O)ccc3C1CC2. The van der Waals surface area contributed by atoms with Gasteiger partial charge in [0.15, 0.2) is 0 Å². The van der Waals surface area contributed by atoms with Gasteiger partial charge in [0, 0.05) is 5.92 Å². The van der Waals surface area contributed by atoms with E-state index in [0.717, 1.165) is 12.3 Å². The molecule has 19 heavy (non-hydrogen) atoms. The molecule has 0 bridgehead atoms. The van der Waals surface area contributed by atoms with Crippen LogP contribution in [-0.2, 0) is 6.42 Å². The van der Waals surface area contributed by atoms with Gasteiger partial charge >= 0.3 is 0 Å². The number of hydrogen-bond acceptors (Lipinski definition) is 1. The van der Waals surface area contributed by atoms with E-state index < -0.39 is 0 Å². The molecular formula is C18H22O. The summed E-state index contributed by atoms with van der Waals surface area (Å²) in [6.07, 6.45) is 10.4. The molecule has 2 fully saturated rings. The van der Waals surface area contributed by atoms with Crippen molar-refractivity contribution < 1.29 is 5.11 Å². The van der Waals surface area contributed by atoms with Crippen molar-refractivity contribution in [2.75, 3.05) is 0 Å². The number of fused-ring (bicyclic) bond motifs is 5. The highest BCUT2D eigenvalue weighted by atomic mass is 16.3. The fourth-order valence-electron chi connectivity index (χ4n) is 4.94. The maximum Gasteiger partial charge on any atom is 0.115 e. The van der Waals surface area contributed by atoms with Crippen LogP contribution in [0.3, 0.4) is 0 Å². The number of rotatable bonds is 0. The summed E-state index contributed by atoms with van der Waals surface area (Å²) < 4.78 is 0. The molecule has 1 N–H and O–H groups in total. The van der Waals surface area contributed by atoms with Gasteiger partial charge in [0.2, 0.25) is 0 Å². The van der Waals surface area contributed by atoms with Gasteiger partial charge in [0.25, 0.3) is 0 Å². The van der Waals surface area contributed by atoms with Crippen LogP contribution in [0.1, 0.15) is 56.1 Å². The third-order valence-electron chi connectivity index (χ3n) is 5.95. The topological polar surface area (TPSA) is 20.2 Å². The summed E-state index contributed by atoms with van der Waals surface area (Å²) in [5, 5.41) is 9.65. The Kier molecular flexibility index (Phi) is 2.36. The zero-order valence-electron chi connectivity index (χ0n) is 11.7. The van der Waals surface area contributed by atoms with Crippen LogP contribution in [0.2, 0.25) is 0 Å². The fourth-order valence-corrected chi connectivity index (χ4v) is 4.94. The van der Waals surface area contributed by atoms with E-state index in [4.69, 9.17) is 0 Å². The molecule has 1 nitrogen and oxygen atoms in total. The molecule has 4 rings (SSSR count). The molecule has 3 aliphatic rings. The molecule has 0 aliphatic heterocycles. The molecule has 0 saturated heterocycles. The van der Waals surface area contributed by atoms with E-state index in [2.05, 4.69) is 19.1 Å². The predicted octanol–water partition coefficient (Wildman–Crippen LogP) is 4.56. The van der Waals surface area contributed by atoms with Gasteiger partial charge in [-0.3, -0.25) is 0 Å². The van der Waals surface area contributed by atoms with Crippen molar-refractivity contribution in [3.8, 4) is 5.75 Å². The first kappa shape index (κ1) is 11.6. The number of aromatic hydroxyl groups is 1. The maximum absolute atomic E-state index is 9.65. The summed E-state index contributed by atoms with van der Waals surface area (Å²) >= 11 is 0. The van der Waals surface area contributed by atoms with Gasteiger partial charge in [-0.25, -0.2) is 0 Å². The number of phenols is 1. The van der Waals surface area contributed by atoms with Gasteiger partial charge in [-0.05, 0) is 66.7 Å². The van der Waals surface area contributed by atoms with Crippen molar-refractivity contribution in [3.63, 3.8) is 0 Å². The van der Waals surface area contributed by atoms with Gasteiger partial charge in [0.05, 0.1) is 0 Å². The van der Waals surface area contributed by atoms with Crippen molar-refractivity contribution in [2.24, 2.45) is 11.3 Å². The Morgan fingerprint density at radius 1 is 1.21 bits per heavy atom. The Morgan fingerprint density at radius 3 is 3.00 bits per heavy atom. The molecule has 0 aromatic heterocycles. The standard InChI is InChI=1S/C18H22O/c1-18-9-2-3-17(18)16-6-4-12-11-13(19)5-7-14(12)15(16)8-10-18/h5-7,11,15,17,19H,2-4,8-10H2,1H3. The second kappa shape index (κ2) is 3.88. The second-order valence-corrected chi connectivity index (χ2v) is 6.98. The van der Waals surface area contributed by atoms with Gasteiger partial charge in [-0.15, -0.1) is 0 Å². The number of benzene rings is 1. The molecule has 1 aromatic rings. The molecule has 2 saturated carbocycles. The van der Waals surface area contributed by atoms with Crippen LogP contribution in [0.4, 0.5) is 0 Å². The number of hydrogen-bond donors (Lipinski definition) is 1.